The molecule has 3 heterocycles. The summed E-state index contributed by atoms with van der Waals surface area (Å²) in [4.78, 5) is 24.4. The Bertz CT molecular complexity index is 1010. The highest BCUT2D eigenvalue weighted by atomic mass is 35.5. The number of nitrogen functional groups attached to an aromatic ring is 1. The third kappa shape index (κ3) is 4.94. The molecule has 1 unspecified atom stereocenters. The summed E-state index contributed by atoms with van der Waals surface area (Å²) in [6, 6.07) is 2.92. The Labute approximate surface area is 194 Å². The number of rotatable bonds is 5. The van der Waals surface area contributed by atoms with Gasteiger partial charge in [0.25, 0.3) is 0 Å². The number of piperidine rings is 2. The predicted octanol–water partition coefficient (Wildman–Crippen LogP) is 1.57. The first-order chi connectivity index (χ1) is 15.7. The van der Waals surface area contributed by atoms with E-state index in [0.29, 0.717) is 38.0 Å². The van der Waals surface area contributed by atoms with Crippen LogP contribution in [-0.2, 0) is 4.79 Å². The molecule has 0 aliphatic carbocycles. The van der Waals surface area contributed by atoms with E-state index in [-0.39, 0.29) is 29.1 Å². The second-order valence-electron chi connectivity index (χ2n) is 8.38. The van der Waals surface area contributed by atoms with E-state index < -0.39 is 35.9 Å². The number of aromatic nitrogens is 2. The van der Waals surface area contributed by atoms with E-state index in [1.54, 1.807) is 15.9 Å². The van der Waals surface area contributed by atoms with Gasteiger partial charge in [0.05, 0.1) is 6.04 Å². The number of carbonyl (C=O) groups is 1. The third-order valence-electron chi connectivity index (χ3n) is 6.25. The van der Waals surface area contributed by atoms with Gasteiger partial charge >= 0.3 is 0 Å². The Morgan fingerprint density at radius 2 is 2.00 bits per heavy atom. The van der Waals surface area contributed by atoms with Crippen molar-refractivity contribution in [1.82, 2.24) is 14.9 Å². The maximum atomic E-state index is 14.6. The molecule has 2 aliphatic heterocycles. The van der Waals surface area contributed by atoms with E-state index >= 15 is 0 Å². The summed E-state index contributed by atoms with van der Waals surface area (Å²) < 4.78 is 28.3. The number of nitrogens with two attached hydrogens (primary N) is 2. The molecule has 1 aromatic carbocycles. The number of halogens is 3. The fourth-order valence-corrected chi connectivity index (χ4v) is 4.89. The normalized spacial score (nSPS) is 24.6. The Hall–Kier alpha value is -2.76. The van der Waals surface area contributed by atoms with Crippen molar-refractivity contribution >= 4 is 34.8 Å². The third-order valence-corrected chi connectivity index (χ3v) is 6.47. The molecular formula is C21H26ClF2N7O2. The Morgan fingerprint density at radius 1 is 1.21 bits per heavy atom. The quantitative estimate of drug-likeness (QED) is 0.473. The lowest BCUT2D eigenvalue weighted by Gasteiger charge is -2.47. The standard InChI is InChI=1S/C21H26ClF2N7O2/c22-11-6-12(23)8-13(7-11)29-15-2-1-4-31(21(15)33)16-9-30(5-3-14(16)19(26)32)20-17(24)18(25)27-10-28-20/h6-8,10,14-16,19,29,32H,1-5,9,26H2,(H2,25,27,28)/t14-,15-,16-,19?/m0/s1. The lowest BCUT2D eigenvalue weighted by atomic mass is 9.87. The van der Waals surface area contributed by atoms with Crippen molar-refractivity contribution in [3.05, 3.63) is 41.2 Å². The van der Waals surface area contributed by atoms with Gasteiger partial charge in [0.1, 0.15) is 24.4 Å². The molecule has 178 valence electrons. The number of anilines is 3. The number of nitrogens with one attached hydrogen (secondary N) is 1. The van der Waals surface area contributed by atoms with E-state index in [1.807, 2.05) is 0 Å². The zero-order valence-corrected chi connectivity index (χ0v) is 18.6. The van der Waals surface area contributed by atoms with Crippen molar-refractivity contribution in [1.29, 1.82) is 0 Å². The molecule has 0 bridgehead atoms. The minimum Gasteiger partial charge on any atom is -0.381 e. The summed E-state index contributed by atoms with van der Waals surface area (Å²) in [5.41, 5.74) is 11.8. The minimum absolute atomic E-state index is 0.0472. The van der Waals surface area contributed by atoms with Crippen molar-refractivity contribution in [3.63, 3.8) is 0 Å². The molecule has 2 saturated heterocycles. The largest absolute Gasteiger partial charge is 0.381 e. The van der Waals surface area contributed by atoms with Crippen molar-refractivity contribution in [3.8, 4) is 0 Å². The summed E-state index contributed by atoms with van der Waals surface area (Å²) in [7, 11) is 0. The van der Waals surface area contributed by atoms with Gasteiger partial charge in [-0.1, -0.05) is 11.6 Å². The molecule has 2 fully saturated rings. The number of hydrogen-bond acceptors (Lipinski definition) is 8. The van der Waals surface area contributed by atoms with Crippen LogP contribution in [0.1, 0.15) is 19.3 Å². The Morgan fingerprint density at radius 3 is 2.73 bits per heavy atom. The molecule has 2 aliphatic rings. The number of carbonyl (C=O) groups excluding carboxylic acids is 1. The number of benzene rings is 1. The van der Waals surface area contributed by atoms with Gasteiger partial charge in [-0.15, -0.1) is 0 Å². The first kappa shape index (κ1) is 23.4. The van der Waals surface area contributed by atoms with Crippen LogP contribution >= 0.6 is 11.6 Å². The first-order valence-corrected chi connectivity index (χ1v) is 11.1. The molecule has 33 heavy (non-hydrogen) atoms. The molecule has 1 aromatic heterocycles. The molecule has 2 aromatic rings. The van der Waals surface area contributed by atoms with Gasteiger partial charge in [0.2, 0.25) is 11.7 Å². The number of likely N-dealkylation sites (tertiary alicyclic amines) is 1. The fraction of sp³-hybridized carbons (Fsp3) is 0.476. The average molecular weight is 482 g/mol. The number of amides is 1. The molecule has 0 saturated carbocycles. The Balaban J connectivity index is 1.56. The highest BCUT2D eigenvalue weighted by Crippen LogP contribution is 2.32. The highest BCUT2D eigenvalue weighted by molar-refractivity contribution is 6.30. The maximum absolute atomic E-state index is 14.6. The lowest BCUT2D eigenvalue weighted by Crippen LogP contribution is -2.62. The topological polar surface area (TPSA) is 134 Å². The van der Waals surface area contributed by atoms with Crippen LogP contribution in [0, 0.1) is 17.6 Å². The van der Waals surface area contributed by atoms with Gasteiger partial charge < -0.3 is 31.7 Å². The summed E-state index contributed by atoms with van der Waals surface area (Å²) in [6.45, 7) is 1.06. The summed E-state index contributed by atoms with van der Waals surface area (Å²) in [6.07, 6.45) is 1.69. The van der Waals surface area contributed by atoms with Crippen LogP contribution in [0.5, 0.6) is 0 Å². The van der Waals surface area contributed by atoms with E-state index in [2.05, 4.69) is 15.3 Å². The SMILES string of the molecule is Nc1ncnc(N2CC[C@H](C(N)O)[C@@H](N3CCC[C@H](Nc4cc(F)cc(Cl)c4)C3=O)C2)c1F. The van der Waals surface area contributed by atoms with Gasteiger partial charge in [-0.2, -0.15) is 4.39 Å². The zero-order valence-electron chi connectivity index (χ0n) is 17.8. The van der Waals surface area contributed by atoms with Crippen LogP contribution in [0.4, 0.5) is 26.1 Å². The monoisotopic (exact) mass is 481 g/mol. The van der Waals surface area contributed by atoms with E-state index in [9.17, 15) is 18.7 Å². The van der Waals surface area contributed by atoms with Crippen LogP contribution in [-0.4, -0.2) is 63.8 Å². The van der Waals surface area contributed by atoms with Crippen molar-refractivity contribution < 1.29 is 18.7 Å². The van der Waals surface area contributed by atoms with Gasteiger partial charge in [-0.05, 0) is 37.5 Å². The molecule has 0 radical (unpaired) electrons. The van der Waals surface area contributed by atoms with Gasteiger partial charge in [-0.25, -0.2) is 14.4 Å². The number of aliphatic hydroxyl groups is 1. The molecule has 4 atom stereocenters. The Kier molecular flexibility index (Phi) is 6.82. The van der Waals surface area contributed by atoms with Crippen molar-refractivity contribution in [2.75, 3.05) is 35.6 Å². The number of nitrogens with zero attached hydrogens (tertiary/aromatic N) is 4. The molecular weight excluding hydrogens is 456 g/mol. The maximum Gasteiger partial charge on any atom is 0.245 e. The molecule has 0 spiro atoms. The van der Waals surface area contributed by atoms with Crippen molar-refractivity contribution in [2.24, 2.45) is 11.7 Å². The molecule has 4 rings (SSSR count). The first-order valence-electron chi connectivity index (χ1n) is 10.7. The van der Waals surface area contributed by atoms with Crippen LogP contribution < -0.4 is 21.7 Å². The number of hydrogen-bond donors (Lipinski definition) is 4. The lowest BCUT2D eigenvalue weighted by molar-refractivity contribution is -0.139. The fourth-order valence-electron chi connectivity index (χ4n) is 4.67. The summed E-state index contributed by atoms with van der Waals surface area (Å²) in [5, 5.41) is 13.5. The van der Waals surface area contributed by atoms with Crippen LogP contribution in [0.25, 0.3) is 0 Å². The average Bonchev–Trinajstić information content (AvgIpc) is 2.76. The zero-order chi connectivity index (χ0) is 23.7. The van der Waals surface area contributed by atoms with Crippen LogP contribution in [0.15, 0.2) is 24.5 Å². The molecule has 1 amide bonds. The second-order valence-corrected chi connectivity index (χ2v) is 8.82. The van der Waals surface area contributed by atoms with Gasteiger partial charge in [0.15, 0.2) is 11.6 Å². The highest BCUT2D eigenvalue weighted by Gasteiger charge is 2.42. The van der Waals surface area contributed by atoms with E-state index in [0.717, 1.165) is 0 Å². The summed E-state index contributed by atoms with van der Waals surface area (Å²) in [5.74, 6) is -2.06. The number of aliphatic hydroxyl groups excluding tert-OH is 1. The molecule has 12 heteroatoms. The van der Waals surface area contributed by atoms with E-state index in [1.165, 1.54) is 18.5 Å². The molecule has 6 N–H and O–H groups in total. The predicted molar refractivity (Wildman–Crippen MR) is 120 cm³/mol. The van der Waals surface area contributed by atoms with Crippen LogP contribution in [0.3, 0.4) is 0 Å². The van der Waals surface area contributed by atoms with Crippen LogP contribution in [0.2, 0.25) is 5.02 Å². The van der Waals surface area contributed by atoms with Gasteiger partial charge in [0, 0.05) is 36.3 Å². The smallest absolute Gasteiger partial charge is 0.245 e. The molecule has 9 nitrogen and oxygen atoms in total. The van der Waals surface area contributed by atoms with Crippen molar-refractivity contribution in [2.45, 2.75) is 37.6 Å². The summed E-state index contributed by atoms with van der Waals surface area (Å²) >= 11 is 5.93. The van der Waals surface area contributed by atoms with E-state index in [4.69, 9.17) is 23.1 Å². The second kappa shape index (κ2) is 9.62. The minimum atomic E-state index is -1.15. The van der Waals surface area contributed by atoms with Gasteiger partial charge in [-0.3, -0.25) is 4.79 Å².